The van der Waals surface area contributed by atoms with Gasteiger partial charge in [0.05, 0.1) is 19.3 Å². The second-order valence-electron chi connectivity index (χ2n) is 4.58. The number of hydrogen-bond donors (Lipinski definition) is 2. The van der Waals surface area contributed by atoms with Gasteiger partial charge in [0.1, 0.15) is 5.82 Å². The van der Waals surface area contributed by atoms with E-state index in [-0.39, 0.29) is 12.5 Å². The Morgan fingerprint density at radius 2 is 2.25 bits per heavy atom. The molecule has 0 saturated heterocycles. The van der Waals surface area contributed by atoms with Crippen LogP contribution >= 0.6 is 0 Å². The predicted octanol–water partition coefficient (Wildman–Crippen LogP) is 1.08. The molecule has 2 N–H and O–H groups in total. The summed E-state index contributed by atoms with van der Waals surface area (Å²) in [4.78, 5) is 13.4. The fourth-order valence-electron chi connectivity index (χ4n) is 1.86. The summed E-state index contributed by atoms with van der Waals surface area (Å²) in [6, 6.07) is 4.14. The molecule has 1 aromatic rings. The predicted molar refractivity (Wildman–Crippen MR) is 75.2 cm³/mol. The lowest BCUT2D eigenvalue weighted by Gasteiger charge is -2.23. The first kappa shape index (κ1) is 16.4. The molecule has 5 nitrogen and oxygen atoms in total. The van der Waals surface area contributed by atoms with Crippen molar-refractivity contribution < 1.29 is 19.0 Å². The molecule has 1 atom stereocenters. The first-order chi connectivity index (χ1) is 9.45. The Kier molecular flexibility index (Phi) is 6.41. The monoisotopic (exact) mass is 284 g/mol. The van der Waals surface area contributed by atoms with Gasteiger partial charge in [-0.15, -0.1) is 0 Å². The van der Waals surface area contributed by atoms with Gasteiger partial charge in [-0.25, -0.2) is 4.39 Å². The van der Waals surface area contributed by atoms with E-state index in [0.29, 0.717) is 24.4 Å². The number of methoxy groups -OCH3 is 1. The van der Waals surface area contributed by atoms with Crippen LogP contribution in [0.4, 0.5) is 10.1 Å². The van der Waals surface area contributed by atoms with Crippen LogP contribution < -0.4 is 10.2 Å². The summed E-state index contributed by atoms with van der Waals surface area (Å²) in [6.45, 7) is 2.57. The third-order valence-corrected chi connectivity index (χ3v) is 2.86. The van der Waals surface area contributed by atoms with Crippen molar-refractivity contribution in [3.63, 3.8) is 0 Å². The quantitative estimate of drug-likeness (QED) is 0.736. The second-order valence-corrected chi connectivity index (χ2v) is 4.58. The van der Waals surface area contributed by atoms with Crippen LogP contribution in [0.25, 0.3) is 0 Å². The molecule has 1 rings (SSSR count). The largest absolute Gasteiger partial charge is 0.389 e. The molecule has 1 unspecified atom stereocenters. The van der Waals surface area contributed by atoms with Gasteiger partial charge in [0.15, 0.2) is 0 Å². The van der Waals surface area contributed by atoms with E-state index in [1.807, 2.05) is 0 Å². The number of carbonyl (C=O) groups excluding carboxylic acids is 1. The first-order valence-corrected chi connectivity index (χ1v) is 6.40. The summed E-state index contributed by atoms with van der Waals surface area (Å²) in [7, 11) is 3.28. The maximum atomic E-state index is 13.2. The Balaban J connectivity index is 2.72. The van der Waals surface area contributed by atoms with Crippen LogP contribution in [0.15, 0.2) is 18.2 Å². The van der Waals surface area contributed by atoms with E-state index in [1.54, 1.807) is 32.0 Å². The third-order valence-electron chi connectivity index (χ3n) is 2.86. The first-order valence-electron chi connectivity index (χ1n) is 6.40. The van der Waals surface area contributed by atoms with Crippen LogP contribution in [0.3, 0.4) is 0 Å². The number of nitrogens with zero attached hydrogens (tertiary/aromatic N) is 1. The average molecular weight is 284 g/mol. The molecule has 20 heavy (non-hydrogen) atoms. The summed E-state index contributed by atoms with van der Waals surface area (Å²) in [5.74, 6) is -0.576. The molecule has 0 bridgehead atoms. The molecular weight excluding hydrogens is 263 g/mol. The Labute approximate surface area is 118 Å². The molecule has 0 radical (unpaired) electrons. The lowest BCUT2D eigenvalue weighted by molar-refractivity contribution is -0.119. The van der Waals surface area contributed by atoms with Crippen molar-refractivity contribution in [2.75, 3.05) is 38.8 Å². The Morgan fingerprint density at radius 3 is 2.85 bits per heavy atom. The SMILES string of the molecule is COCCNC(=O)CN(C)c1ccc(F)cc1C(C)O. The van der Waals surface area contributed by atoms with Gasteiger partial charge >= 0.3 is 0 Å². The van der Waals surface area contributed by atoms with E-state index < -0.39 is 11.9 Å². The number of amides is 1. The fraction of sp³-hybridized carbons (Fsp3) is 0.500. The molecule has 0 saturated carbocycles. The van der Waals surface area contributed by atoms with Crippen molar-refractivity contribution in [2.45, 2.75) is 13.0 Å². The molecule has 0 aliphatic rings. The zero-order valence-corrected chi connectivity index (χ0v) is 12.0. The number of benzene rings is 1. The number of halogens is 1. The van der Waals surface area contributed by atoms with Crippen molar-refractivity contribution >= 4 is 11.6 Å². The number of likely N-dealkylation sites (N-methyl/N-ethyl adjacent to an activating group) is 1. The van der Waals surface area contributed by atoms with Gasteiger partial charge in [0.25, 0.3) is 0 Å². The molecule has 6 heteroatoms. The van der Waals surface area contributed by atoms with E-state index in [9.17, 15) is 14.3 Å². The molecular formula is C14H21FN2O3. The van der Waals surface area contributed by atoms with Crippen LogP contribution in [-0.4, -0.2) is 44.9 Å². The zero-order valence-electron chi connectivity index (χ0n) is 12.0. The third kappa shape index (κ3) is 4.79. The minimum Gasteiger partial charge on any atom is -0.389 e. The average Bonchev–Trinajstić information content (AvgIpc) is 2.38. The lowest BCUT2D eigenvalue weighted by atomic mass is 10.1. The minimum absolute atomic E-state index is 0.120. The van der Waals surface area contributed by atoms with Crippen molar-refractivity contribution in [1.82, 2.24) is 5.32 Å². The molecule has 112 valence electrons. The topological polar surface area (TPSA) is 61.8 Å². The van der Waals surface area contributed by atoms with Crippen molar-refractivity contribution in [2.24, 2.45) is 0 Å². The van der Waals surface area contributed by atoms with E-state index >= 15 is 0 Å². The normalized spacial score (nSPS) is 12.1. The number of carbonyl (C=O) groups is 1. The molecule has 1 amide bonds. The van der Waals surface area contributed by atoms with Crippen LogP contribution in [-0.2, 0) is 9.53 Å². The molecule has 0 spiro atoms. The van der Waals surface area contributed by atoms with Gasteiger partial charge in [-0.3, -0.25) is 4.79 Å². The fourth-order valence-corrected chi connectivity index (χ4v) is 1.86. The number of aliphatic hydroxyl groups excluding tert-OH is 1. The zero-order chi connectivity index (χ0) is 15.1. The molecule has 0 fully saturated rings. The van der Waals surface area contributed by atoms with Gasteiger partial charge < -0.3 is 20.1 Å². The Hall–Kier alpha value is -1.66. The van der Waals surface area contributed by atoms with Crippen molar-refractivity contribution in [3.05, 3.63) is 29.6 Å². The van der Waals surface area contributed by atoms with Crippen LogP contribution in [0, 0.1) is 5.82 Å². The van der Waals surface area contributed by atoms with Gasteiger partial charge in [0, 0.05) is 32.0 Å². The van der Waals surface area contributed by atoms with Crippen molar-refractivity contribution in [3.8, 4) is 0 Å². The number of nitrogens with one attached hydrogen (secondary N) is 1. The van der Waals surface area contributed by atoms with Crippen LogP contribution in [0.5, 0.6) is 0 Å². The highest BCUT2D eigenvalue weighted by atomic mass is 19.1. The number of rotatable bonds is 7. The number of anilines is 1. The van der Waals surface area contributed by atoms with Crippen molar-refractivity contribution in [1.29, 1.82) is 0 Å². The summed E-state index contributed by atoms with van der Waals surface area (Å²) >= 11 is 0. The molecule has 1 aromatic carbocycles. The van der Waals surface area contributed by atoms with E-state index in [4.69, 9.17) is 4.74 Å². The van der Waals surface area contributed by atoms with Crippen LogP contribution in [0.2, 0.25) is 0 Å². The smallest absolute Gasteiger partial charge is 0.239 e. The second kappa shape index (κ2) is 7.81. The highest BCUT2D eigenvalue weighted by Gasteiger charge is 2.14. The Bertz CT molecular complexity index is 452. The molecule has 0 heterocycles. The summed E-state index contributed by atoms with van der Waals surface area (Å²) < 4.78 is 18.1. The molecule has 0 aromatic heterocycles. The van der Waals surface area contributed by atoms with Gasteiger partial charge in [-0.05, 0) is 25.1 Å². The van der Waals surface area contributed by atoms with Gasteiger partial charge in [-0.2, -0.15) is 0 Å². The molecule has 0 aliphatic carbocycles. The minimum atomic E-state index is -0.806. The highest BCUT2D eigenvalue weighted by molar-refractivity contribution is 5.81. The van der Waals surface area contributed by atoms with E-state index in [2.05, 4.69) is 5.32 Å². The summed E-state index contributed by atoms with van der Waals surface area (Å²) in [5.41, 5.74) is 1.08. The number of ether oxygens (including phenoxy) is 1. The lowest BCUT2D eigenvalue weighted by Crippen LogP contribution is -2.37. The van der Waals surface area contributed by atoms with Crippen LogP contribution in [0.1, 0.15) is 18.6 Å². The van der Waals surface area contributed by atoms with Gasteiger partial charge in [0.2, 0.25) is 5.91 Å². The highest BCUT2D eigenvalue weighted by Crippen LogP contribution is 2.26. The van der Waals surface area contributed by atoms with E-state index in [0.717, 1.165) is 0 Å². The van der Waals surface area contributed by atoms with Gasteiger partial charge in [-0.1, -0.05) is 0 Å². The maximum absolute atomic E-state index is 13.2. The maximum Gasteiger partial charge on any atom is 0.239 e. The Morgan fingerprint density at radius 1 is 1.55 bits per heavy atom. The number of hydrogen-bond acceptors (Lipinski definition) is 4. The van der Waals surface area contributed by atoms with E-state index in [1.165, 1.54) is 12.1 Å². The molecule has 0 aliphatic heterocycles. The summed E-state index contributed by atoms with van der Waals surface area (Å²) in [5, 5.41) is 12.4. The number of aliphatic hydroxyl groups is 1. The summed E-state index contributed by atoms with van der Waals surface area (Å²) in [6.07, 6.45) is -0.806. The standard InChI is InChI=1S/C14H21FN2O3/c1-10(18)12-8-11(15)4-5-13(12)17(2)9-14(19)16-6-7-20-3/h4-5,8,10,18H,6-7,9H2,1-3H3,(H,16,19).